The molecule has 0 aliphatic heterocycles. The molecule has 0 fully saturated rings. The summed E-state index contributed by atoms with van der Waals surface area (Å²) in [5.74, 6) is 0.181. The first-order valence-electron chi connectivity index (χ1n) is 14.6. The first-order chi connectivity index (χ1) is 20.9. The van der Waals surface area contributed by atoms with Crippen LogP contribution in [0.2, 0.25) is 0 Å². The summed E-state index contributed by atoms with van der Waals surface area (Å²) in [6.45, 7) is 13.5. The van der Waals surface area contributed by atoms with Crippen molar-refractivity contribution in [2.75, 3.05) is 0 Å². The number of aryl methyl sites for hydroxylation is 3. The Kier molecular flexibility index (Phi) is 10.2. The lowest BCUT2D eigenvalue weighted by Gasteiger charge is -2.30. The fourth-order valence-electron chi connectivity index (χ4n) is 5.12. The summed E-state index contributed by atoms with van der Waals surface area (Å²) in [7, 11) is -4.00. The van der Waals surface area contributed by atoms with Gasteiger partial charge in [-0.3, -0.25) is 4.79 Å². The van der Waals surface area contributed by atoms with E-state index in [0.717, 1.165) is 22.3 Å². The van der Waals surface area contributed by atoms with Gasteiger partial charge in [0.15, 0.2) is 0 Å². The second-order valence-corrected chi connectivity index (χ2v) is 12.9. The van der Waals surface area contributed by atoms with Gasteiger partial charge in [0, 0.05) is 23.7 Å². The highest BCUT2D eigenvalue weighted by Gasteiger charge is 2.22. The minimum Gasteiger partial charge on any atom is -0.378 e. The molecule has 0 saturated carbocycles. The standard InChI is InChI=1S/C36H39N3O4S/c1-24(2)39(25(3)4)35(40)23-33(29-13-9-8-10-14-29)32-15-11-12-16-34(32)38-37-30-21-27(6)36(28(7)22-30)43-44(41,42)31-19-17-26(5)18-20-31/h8-25H,1-7H3. The molecule has 0 bridgehead atoms. The summed E-state index contributed by atoms with van der Waals surface area (Å²) in [5.41, 5.74) is 5.71. The van der Waals surface area contributed by atoms with Crippen molar-refractivity contribution in [1.82, 2.24) is 4.90 Å². The van der Waals surface area contributed by atoms with Gasteiger partial charge in [-0.25, -0.2) is 0 Å². The van der Waals surface area contributed by atoms with Gasteiger partial charge in [0.1, 0.15) is 10.6 Å². The molecule has 0 saturated heterocycles. The Balaban J connectivity index is 1.70. The van der Waals surface area contributed by atoms with Crippen molar-refractivity contribution in [2.24, 2.45) is 10.2 Å². The maximum atomic E-state index is 13.5. The highest BCUT2D eigenvalue weighted by molar-refractivity contribution is 7.87. The lowest BCUT2D eigenvalue weighted by molar-refractivity contribution is -0.129. The Hall–Kier alpha value is -4.56. The number of benzene rings is 4. The van der Waals surface area contributed by atoms with Crippen LogP contribution in [0.1, 0.15) is 55.5 Å². The van der Waals surface area contributed by atoms with Crippen molar-refractivity contribution in [3.63, 3.8) is 0 Å². The van der Waals surface area contributed by atoms with Crippen molar-refractivity contribution in [1.29, 1.82) is 0 Å². The number of nitrogens with zero attached hydrogens (tertiary/aromatic N) is 3. The largest absolute Gasteiger partial charge is 0.378 e. The number of hydrogen-bond donors (Lipinski definition) is 0. The average molecular weight is 610 g/mol. The number of carbonyl (C=O) groups excluding carboxylic acids is 1. The molecule has 0 aromatic heterocycles. The summed E-state index contributed by atoms with van der Waals surface area (Å²) in [6.07, 6.45) is 1.68. The van der Waals surface area contributed by atoms with E-state index in [1.807, 2.05) is 94.1 Å². The predicted octanol–water partition coefficient (Wildman–Crippen LogP) is 8.87. The lowest BCUT2D eigenvalue weighted by Crippen LogP contribution is -2.41. The third kappa shape index (κ3) is 7.68. The van der Waals surface area contributed by atoms with E-state index in [1.54, 1.807) is 44.2 Å². The van der Waals surface area contributed by atoms with Gasteiger partial charge < -0.3 is 9.08 Å². The van der Waals surface area contributed by atoms with Crippen molar-refractivity contribution in [3.8, 4) is 5.75 Å². The normalized spacial score (nSPS) is 12.2. The van der Waals surface area contributed by atoms with E-state index in [4.69, 9.17) is 4.18 Å². The molecule has 7 nitrogen and oxygen atoms in total. The second-order valence-electron chi connectivity index (χ2n) is 11.3. The monoisotopic (exact) mass is 609 g/mol. The Bertz CT molecular complexity index is 1760. The molecule has 0 N–H and O–H groups in total. The van der Waals surface area contributed by atoms with Gasteiger partial charge in [0.05, 0.1) is 11.4 Å². The van der Waals surface area contributed by atoms with Gasteiger partial charge in [-0.1, -0.05) is 66.2 Å². The highest BCUT2D eigenvalue weighted by atomic mass is 32.2. The zero-order valence-electron chi connectivity index (χ0n) is 26.3. The molecule has 0 atom stereocenters. The molecule has 0 aliphatic carbocycles. The fourth-order valence-corrected chi connectivity index (χ4v) is 6.17. The average Bonchev–Trinajstić information content (AvgIpc) is 2.97. The van der Waals surface area contributed by atoms with Gasteiger partial charge in [-0.05, 0) is 101 Å². The molecule has 44 heavy (non-hydrogen) atoms. The summed E-state index contributed by atoms with van der Waals surface area (Å²) >= 11 is 0. The zero-order chi connectivity index (χ0) is 32.0. The number of carbonyl (C=O) groups is 1. The number of hydrogen-bond acceptors (Lipinski definition) is 6. The molecule has 228 valence electrons. The molecule has 0 unspecified atom stereocenters. The predicted molar refractivity (Wildman–Crippen MR) is 176 cm³/mol. The van der Waals surface area contributed by atoms with E-state index in [-0.39, 0.29) is 28.6 Å². The van der Waals surface area contributed by atoms with Gasteiger partial charge >= 0.3 is 10.1 Å². The first-order valence-corrected chi connectivity index (χ1v) is 16.0. The molecule has 0 aliphatic rings. The van der Waals surface area contributed by atoms with E-state index in [9.17, 15) is 13.2 Å². The van der Waals surface area contributed by atoms with Crippen molar-refractivity contribution in [2.45, 2.75) is 65.4 Å². The molecule has 0 heterocycles. The van der Waals surface area contributed by atoms with Crippen LogP contribution in [0.3, 0.4) is 0 Å². The molecular formula is C36H39N3O4S. The van der Waals surface area contributed by atoms with Crippen molar-refractivity contribution in [3.05, 3.63) is 125 Å². The third-order valence-corrected chi connectivity index (χ3v) is 8.37. The van der Waals surface area contributed by atoms with Crippen LogP contribution < -0.4 is 4.18 Å². The van der Waals surface area contributed by atoms with Crippen LogP contribution in [0.5, 0.6) is 5.75 Å². The fraction of sp³-hybridized carbons (Fsp3) is 0.250. The van der Waals surface area contributed by atoms with E-state index < -0.39 is 10.1 Å². The Morgan fingerprint density at radius 1 is 0.773 bits per heavy atom. The molecule has 0 spiro atoms. The lowest BCUT2D eigenvalue weighted by atomic mass is 9.95. The highest BCUT2D eigenvalue weighted by Crippen LogP contribution is 2.35. The minimum atomic E-state index is -4.00. The summed E-state index contributed by atoms with van der Waals surface area (Å²) in [4.78, 5) is 15.5. The van der Waals surface area contributed by atoms with Gasteiger partial charge in [-0.2, -0.15) is 13.5 Å². The number of azo groups is 1. The Morgan fingerprint density at radius 2 is 1.34 bits per heavy atom. The maximum Gasteiger partial charge on any atom is 0.339 e. The third-order valence-electron chi connectivity index (χ3n) is 7.13. The van der Waals surface area contributed by atoms with Crippen LogP contribution in [0, 0.1) is 20.8 Å². The quantitative estimate of drug-likeness (QED) is 0.102. The van der Waals surface area contributed by atoms with Crippen molar-refractivity contribution >= 4 is 33.0 Å². The van der Waals surface area contributed by atoms with E-state index >= 15 is 0 Å². The van der Waals surface area contributed by atoms with Gasteiger partial charge in [-0.15, -0.1) is 5.11 Å². The van der Waals surface area contributed by atoms with E-state index in [0.29, 0.717) is 22.5 Å². The minimum absolute atomic E-state index is 0.0380. The number of amides is 1. The van der Waals surface area contributed by atoms with E-state index in [2.05, 4.69) is 10.2 Å². The van der Waals surface area contributed by atoms with E-state index in [1.165, 1.54) is 12.1 Å². The van der Waals surface area contributed by atoms with Crippen LogP contribution in [-0.2, 0) is 14.9 Å². The van der Waals surface area contributed by atoms with Crippen LogP contribution >= 0.6 is 0 Å². The van der Waals surface area contributed by atoms with Crippen LogP contribution in [0.25, 0.3) is 5.57 Å². The molecule has 4 aromatic rings. The summed E-state index contributed by atoms with van der Waals surface area (Å²) in [5, 5.41) is 9.10. The van der Waals surface area contributed by atoms with Crippen LogP contribution in [0.15, 0.2) is 112 Å². The van der Waals surface area contributed by atoms with Gasteiger partial charge in [0.2, 0.25) is 5.91 Å². The Labute approximate surface area is 261 Å². The van der Waals surface area contributed by atoms with Crippen molar-refractivity contribution < 1.29 is 17.4 Å². The second kappa shape index (κ2) is 13.8. The maximum absolute atomic E-state index is 13.5. The van der Waals surface area contributed by atoms with Gasteiger partial charge in [0.25, 0.3) is 0 Å². The van der Waals surface area contributed by atoms with Crippen LogP contribution in [0.4, 0.5) is 11.4 Å². The zero-order valence-corrected chi connectivity index (χ0v) is 27.1. The topological polar surface area (TPSA) is 88.4 Å². The molecule has 4 aromatic carbocycles. The molecular weight excluding hydrogens is 570 g/mol. The number of rotatable bonds is 10. The molecule has 0 radical (unpaired) electrons. The summed E-state index contributed by atoms with van der Waals surface area (Å²) in [6, 6.07) is 27.4. The first kappa shape index (κ1) is 32.4. The molecule has 4 rings (SSSR count). The van der Waals surface area contributed by atoms with Crippen LogP contribution in [-0.4, -0.2) is 31.3 Å². The Morgan fingerprint density at radius 3 is 1.93 bits per heavy atom. The molecule has 1 amide bonds. The summed E-state index contributed by atoms with van der Waals surface area (Å²) < 4.78 is 31.4. The molecule has 8 heteroatoms. The SMILES string of the molecule is Cc1ccc(S(=O)(=O)Oc2c(C)cc(N=Nc3ccccc3C(=CC(=O)N(C(C)C)C(C)C)c3ccccc3)cc2C)cc1. The smallest absolute Gasteiger partial charge is 0.339 e.